The Labute approximate surface area is 120 Å². The molecule has 3 nitrogen and oxygen atoms in total. The van der Waals surface area contributed by atoms with Gasteiger partial charge in [-0.3, -0.25) is 4.90 Å². The van der Waals surface area contributed by atoms with Crippen LogP contribution in [0.2, 0.25) is 0 Å². The Bertz CT molecular complexity index is 452. The van der Waals surface area contributed by atoms with Gasteiger partial charge in [0.2, 0.25) is 0 Å². The van der Waals surface area contributed by atoms with E-state index in [0.29, 0.717) is 11.5 Å². The molecule has 1 aromatic rings. The third-order valence-corrected chi connectivity index (χ3v) is 4.54. The molecule has 0 amide bonds. The number of nitrogens with zero attached hydrogens (tertiary/aromatic N) is 1. The number of benzene rings is 1. The van der Waals surface area contributed by atoms with Gasteiger partial charge in [0, 0.05) is 18.6 Å². The van der Waals surface area contributed by atoms with Crippen LogP contribution in [0.5, 0.6) is 0 Å². The zero-order valence-corrected chi connectivity index (χ0v) is 12.3. The second-order valence-corrected chi connectivity index (χ2v) is 5.96. The van der Waals surface area contributed by atoms with E-state index in [1.54, 1.807) is 13.0 Å². The SMILES string of the molecule is Cc1ccc(C(N)CCN2CCC(C)C2CO)cc1F. The summed E-state index contributed by atoms with van der Waals surface area (Å²) in [6.07, 6.45) is 1.91. The largest absolute Gasteiger partial charge is 0.395 e. The Morgan fingerprint density at radius 3 is 2.90 bits per heavy atom. The molecule has 1 heterocycles. The third-order valence-electron chi connectivity index (χ3n) is 4.54. The minimum atomic E-state index is -0.194. The first-order valence-electron chi connectivity index (χ1n) is 7.39. The van der Waals surface area contributed by atoms with Crippen LogP contribution in [0.4, 0.5) is 4.39 Å². The minimum Gasteiger partial charge on any atom is -0.395 e. The molecule has 0 saturated carbocycles. The quantitative estimate of drug-likeness (QED) is 0.869. The first-order chi connectivity index (χ1) is 9.52. The van der Waals surface area contributed by atoms with Crippen LogP contribution in [0.3, 0.4) is 0 Å². The summed E-state index contributed by atoms with van der Waals surface area (Å²) in [5.74, 6) is 0.342. The Morgan fingerprint density at radius 1 is 1.50 bits per heavy atom. The Kier molecular flexibility index (Phi) is 5.13. The van der Waals surface area contributed by atoms with E-state index in [4.69, 9.17) is 5.73 Å². The van der Waals surface area contributed by atoms with Gasteiger partial charge in [-0.05, 0) is 49.4 Å². The highest BCUT2D eigenvalue weighted by Crippen LogP contribution is 2.25. The lowest BCUT2D eigenvalue weighted by molar-refractivity contribution is 0.136. The van der Waals surface area contributed by atoms with Crippen LogP contribution in [0.25, 0.3) is 0 Å². The van der Waals surface area contributed by atoms with Crippen molar-refractivity contribution >= 4 is 0 Å². The van der Waals surface area contributed by atoms with E-state index in [9.17, 15) is 9.50 Å². The van der Waals surface area contributed by atoms with Gasteiger partial charge in [0.15, 0.2) is 0 Å². The van der Waals surface area contributed by atoms with Crippen molar-refractivity contribution in [3.05, 3.63) is 35.1 Å². The van der Waals surface area contributed by atoms with Crippen molar-refractivity contribution in [3.8, 4) is 0 Å². The van der Waals surface area contributed by atoms with Gasteiger partial charge < -0.3 is 10.8 Å². The number of aryl methyl sites for hydroxylation is 1. The first kappa shape index (κ1) is 15.4. The van der Waals surface area contributed by atoms with Crippen LogP contribution in [0, 0.1) is 18.7 Å². The van der Waals surface area contributed by atoms with Gasteiger partial charge in [-0.2, -0.15) is 0 Å². The van der Waals surface area contributed by atoms with Gasteiger partial charge in [-0.25, -0.2) is 4.39 Å². The molecule has 0 spiro atoms. The molecule has 1 aromatic carbocycles. The van der Waals surface area contributed by atoms with Crippen molar-refractivity contribution in [3.63, 3.8) is 0 Å². The van der Waals surface area contributed by atoms with E-state index in [1.807, 2.05) is 6.07 Å². The number of hydrogen-bond donors (Lipinski definition) is 2. The Balaban J connectivity index is 1.91. The molecule has 112 valence electrons. The molecule has 3 atom stereocenters. The van der Waals surface area contributed by atoms with Gasteiger partial charge in [-0.15, -0.1) is 0 Å². The van der Waals surface area contributed by atoms with Gasteiger partial charge >= 0.3 is 0 Å². The summed E-state index contributed by atoms with van der Waals surface area (Å²) < 4.78 is 13.5. The normalized spacial score (nSPS) is 25.1. The average Bonchev–Trinajstić information content (AvgIpc) is 2.79. The molecule has 2 rings (SSSR count). The predicted octanol–water partition coefficient (Wildman–Crippen LogP) is 2.23. The first-order valence-corrected chi connectivity index (χ1v) is 7.39. The van der Waals surface area contributed by atoms with Crippen LogP contribution in [-0.2, 0) is 0 Å². The van der Waals surface area contributed by atoms with Crippen molar-refractivity contribution < 1.29 is 9.50 Å². The summed E-state index contributed by atoms with van der Waals surface area (Å²) in [6.45, 7) is 6.00. The second-order valence-electron chi connectivity index (χ2n) is 5.96. The Hall–Kier alpha value is -0.970. The smallest absolute Gasteiger partial charge is 0.126 e. The lowest BCUT2D eigenvalue weighted by Gasteiger charge is -2.26. The topological polar surface area (TPSA) is 49.5 Å². The molecule has 1 fully saturated rings. The highest BCUT2D eigenvalue weighted by Gasteiger charge is 2.30. The highest BCUT2D eigenvalue weighted by atomic mass is 19.1. The molecule has 4 heteroatoms. The summed E-state index contributed by atoms with van der Waals surface area (Å²) in [5.41, 5.74) is 7.65. The molecule has 20 heavy (non-hydrogen) atoms. The molecule has 3 N–H and O–H groups in total. The summed E-state index contributed by atoms with van der Waals surface area (Å²) in [4.78, 5) is 2.30. The Morgan fingerprint density at radius 2 is 2.25 bits per heavy atom. The van der Waals surface area contributed by atoms with E-state index in [0.717, 1.165) is 31.5 Å². The summed E-state index contributed by atoms with van der Waals surface area (Å²) >= 11 is 0. The van der Waals surface area contributed by atoms with Crippen molar-refractivity contribution in [1.82, 2.24) is 4.90 Å². The molecular formula is C16H25FN2O. The fourth-order valence-corrected chi connectivity index (χ4v) is 2.97. The summed E-state index contributed by atoms with van der Waals surface area (Å²) in [6, 6.07) is 5.31. The van der Waals surface area contributed by atoms with Gasteiger partial charge in [0.05, 0.1) is 6.61 Å². The van der Waals surface area contributed by atoms with Crippen LogP contribution in [0.1, 0.15) is 36.9 Å². The van der Waals surface area contributed by atoms with E-state index >= 15 is 0 Å². The summed E-state index contributed by atoms with van der Waals surface area (Å²) in [7, 11) is 0. The maximum absolute atomic E-state index is 13.5. The standard InChI is InChI=1S/C16H25FN2O/c1-11-3-4-13(9-14(11)17)15(18)6-8-19-7-5-12(2)16(19)10-20/h3-4,9,12,15-16,20H,5-8,10,18H2,1-2H3. The van der Waals surface area contributed by atoms with Crippen LogP contribution in [0.15, 0.2) is 18.2 Å². The molecule has 0 radical (unpaired) electrons. The molecule has 0 aromatic heterocycles. The van der Waals surface area contributed by atoms with Crippen LogP contribution >= 0.6 is 0 Å². The number of halogens is 1. The van der Waals surface area contributed by atoms with Crippen molar-refractivity contribution in [1.29, 1.82) is 0 Å². The number of aliphatic hydroxyl groups excluding tert-OH is 1. The van der Waals surface area contributed by atoms with E-state index < -0.39 is 0 Å². The highest BCUT2D eigenvalue weighted by molar-refractivity contribution is 5.25. The lowest BCUT2D eigenvalue weighted by atomic mass is 10.0. The second kappa shape index (κ2) is 6.66. The maximum atomic E-state index is 13.5. The number of hydrogen-bond acceptors (Lipinski definition) is 3. The van der Waals surface area contributed by atoms with E-state index in [1.165, 1.54) is 6.07 Å². The van der Waals surface area contributed by atoms with Gasteiger partial charge in [-0.1, -0.05) is 19.1 Å². The number of aliphatic hydroxyl groups is 1. The fourth-order valence-electron chi connectivity index (χ4n) is 2.97. The van der Waals surface area contributed by atoms with Crippen molar-refractivity contribution in [2.75, 3.05) is 19.7 Å². The maximum Gasteiger partial charge on any atom is 0.126 e. The minimum absolute atomic E-state index is 0.152. The van der Waals surface area contributed by atoms with Crippen molar-refractivity contribution in [2.24, 2.45) is 11.7 Å². The zero-order chi connectivity index (χ0) is 14.7. The molecular weight excluding hydrogens is 255 g/mol. The zero-order valence-electron chi connectivity index (χ0n) is 12.3. The molecule has 1 aliphatic heterocycles. The molecule has 0 aliphatic carbocycles. The monoisotopic (exact) mass is 280 g/mol. The van der Waals surface area contributed by atoms with Crippen LogP contribution in [-0.4, -0.2) is 35.7 Å². The summed E-state index contributed by atoms with van der Waals surface area (Å²) in [5, 5.41) is 9.43. The third kappa shape index (κ3) is 3.37. The fraction of sp³-hybridized carbons (Fsp3) is 0.625. The molecule has 1 saturated heterocycles. The lowest BCUT2D eigenvalue weighted by Crippen LogP contribution is -2.36. The van der Waals surface area contributed by atoms with Crippen LogP contribution < -0.4 is 5.73 Å². The average molecular weight is 280 g/mol. The van der Waals surface area contributed by atoms with E-state index in [-0.39, 0.29) is 24.5 Å². The number of rotatable bonds is 5. The van der Waals surface area contributed by atoms with Gasteiger partial charge in [0.25, 0.3) is 0 Å². The predicted molar refractivity (Wildman–Crippen MR) is 78.9 cm³/mol. The number of nitrogens with two attached hydrogens (primary N) is 1. The van der Waals surface area contributed by atoms with Gasteiger partial charge in [0.1, 0.15) is 5.82 Å². The number of likely N-dealkylation sites (tertiary alicyclic amines) is 1. The molecule has 3 unspecified atom stereocenters. The molecule has 1 aliphatic rings. The van der Waals surface area contributed by atoms with E-state index in [2.05, 4.69) is 11.8 Å². The molecule has 0 bridgehead atoms. The van der Waals surface area contributed by atoms with Crippen molar-refractivity contribution in [2.45, 2.75) is 38.8 Å².